The number of ether oxygens (including phenoxy) is 1. The number of benzene rings is 1. The molecule has 1 aliphatic rings. The summed E-state index contributed by atoms with van der Waals surface area (Å²) >= 11 is 3.39. The van der Waals surface area contributed by atoms with E-state index in [2.05, 4.69) is 26.4 Å². The largest absolute Gasteiger partial charge is 0.478 e. The molecule has 0 amide bonds. The Kier molecular flexibility index (Phi) is 4.71. The molecule has 1 aliphatic heterocycles. The lowest BCUT2D eigenvalue weighted by Gasteiger charge is -2.27. The van der Waals surface area contributed by atoms with Crippen LogP contribution in [-0.2, 0) is 11.3 Å². The molecule has 2 rings (SSSR count). The lowest BCUT2D eigenvalue weighted by Crippen LogP contribution is -2.45. The zero-order valence-electron chi connectivity index (χ0n) is 9.86. The highest BCUT2D eigenvalue weighted by Crippen LogP contribution is 2.18. The zero-order valence-corrected chi connectivity index (χ0v) is 11.4. The van der Waals surface area contributed by atoms with Gasteiger partial charge in [-0.15, -0.1) is 0 Å². The molecule has 5 nitrogen and oxygen atoms in total. The van der Waals surface area contributed by atoms with Crippen LogP contribution in [0, 0.1) is 0 Å². The first kappa shape index (κ1) is 13.5. The number of aromatic carboxylic acids is 1. The summed E-state index contributed by atoms with van der Waals surface area (Å²) in [5.74, 6) is -0.914. The van der Waals surface area contributed by atoms with Crippen molar-refractivity contribution in [2.45, 2.75) is 6.54 Å². The molecule has 18 heavy (non-hydrogen) atoms. The maximum absolute atomic E-state index is 10.8. The number of nitrogens with one attached hydrogen (secondary N) is 1. The van der Waals surface area contributed by atoms with E-state index in [0.29, 0.717) is 6.54 Å². The number of rotatable bonds is 4. The van der Waals surface area contributed by atoms with Crippen LogP contribution in [0.3, 0.4) is 0 Å². The summed E-state index contributed by atoms with van der Waals surface area (Å²) in [6.45, 7) is 3.88. The summed E-state index contributed by atoms with van der Waals surface area (Å²) in [5, 5.41) is 11.0. The smallest absolute Gasteiger partial charge is 0.335 e. The molecule has 1 heterocycles. The number of carbonyl (C=O) groups is 1. The van der Waals surface area contributed by atoms with Crippen LogP contribution in [0.4, 0.5) is 0 Å². The number of morpholine rings is 1. The van der Waals surface area contributed by atoms with Crippen molar-refractivity contribution in [2.24, 2.45) is 0 Å². The molecular weight excluding hydrogens is 300 g/mol. The van der Waals surface area contributed by atoms with Crippen LogP contribution in [0.25, 0.3) is 0 Å². The molecule has 1 aromatic carbocycles. The van der Waals surface area contributed by atoms with E-state index >= 15 is 0 Å². The van der Waals surface area contributed by atoms with Crippen molar-refractivity contribution in [3.05, 3.63) is 33.8 Å². The molecule has 0 aliphatic carbocycles. The van der Waals surface area contributed by atoms with Crippen LogP contribution in [0.15, 0.2) is 22.7 Å². The van der Waals surface area contributed by atoms with Crippen molar-refractivity contribution in [1.29, 1.82) is 0 Å². The second-order valence-electron chi connectivity index (χ2n) is 4.05. The number of hydrogen-bond acceptors (Lipinski definition) is 4. The maximum Gasteiger partial charge on any atom is 0.335 e. The molecule has 1 aromatic rings. The second-order valence-corrected chi connectivity index (χ2v) is 4.90. The van der Waals surface area contributed by atoms with E-state index in [1.54, 1.807) is 12.1 Å². The summed E-state index contributed by atoms with van der Waals surface area (Å²) in [5.41, 5.74) is 4.63. The maximum atomic E-state index is 10.8. The van der Waals surface area contributed by atoms with Gasteiger partial charge >= 0.3 is 5.97 Å². The minimum atomic E-state index is -0.914. The van der Waals surface area contributed by atoms with Crippen LogP contribution in [0.2, 0.25) is 0 Å². The third kappa shape index (κ3) is 3.52. The van der Waals surface area contributed by atoms with Gasteiger partial charge in [0.1, 0.15) is 0 Å². The SMILES string of the molecule is O=C(O)c1ccc(CNN2CCOCC2)c(Br)c1. The van der Waals surface area contributed by atoms with Crippen LogP contribution < -0.4 is 5.43 Å². The summed E-state index contributed by atoms with van der Waals surface area (Å²) in [7, 11) is 0. The predicted octanol–water partition coefficient (Wildman–Crippen LogP) is 1.48. The highest BCUT2D eigenvalue weighted by Gasteiger charge is 2.11. The molecule has 0 bridgehead atoms. The number of carboxylic acid groups (broad SMARTS) is 1. The molecule has 2 N–H and O–H groups in total. The monoisotopic (exact) mass is 314 g/mol. The van der Waals surface area contributed by atoms with Gasteiger partial charge in [-0.1, -0.05) is 22.0 Å². The van der Waals surface area contributed by atoms with Crippen molar-refractivity contribution < 1.29 is 14.6 Å². The Balaban J connectivity index is 1.94. The highest BCUT2D eigenvalue weighted by molar-refractivity contribution is 9.10. The molecule has 6 heteroatoms. The van der Waals surface area contributed by atoms with Crippen molar-refractivity contribution in [2.75, 3.05) is 26.3 Å². The minimum absolute atomic E-state index is 0.289. The van der Waals surface area contributed by atoms with Crippen molar-refractivity contribution >= 4 is 21.9 Å². The third-order valence-corrected chi connectivity index (χ3v) is 3.54. The number of nitrogens with zero attached hydrogens (tertiary/aromatic N) is 1. The molecule has 0 saturated carbocycles. The highest BCUT2D eigenvalue weighted by atomic mass is 79.9. The van der Waals surface area contributed by atoms with Crippen molar-refractivity contribution in [3.8, 4) is 0 Å². The van der Waals surface area contributed by atoms with Gasteiger partial charge in [0.15, 0.2) is 0 Å². The Morgan fingerprint density at radius 1 is 1.44 bits per heavy atom. The van der Waals surface area contributed by atoms with E-state index in [0.717, 1.165) is 36.3 Å². The van der Waals surface area contributed by atoms with Crippen LogP contribution >= 0.6 is 15.9 Å². The van der Waals surface area contributed by atoms with E-state index in [1.807, 2.05) is 6.07 Å². The molecule has 98 valence electrons. The van der Waals surface area contributed by atoms with Gasteiger partial charge in [-0.2, -0.15) is 0 Å². The molecule has 0 atom stereocenters. The Morgan fingerprint density at radius 2 is 2.17 bits per heavy atom. The predicted molar refractivity (Wildman–Crippen MR) is 70.3 cm³/mol. The van der Waals surface area contributed by atoms with Gasteiger partial charge in [-0.05, 0) is 17.7 Å². The fourth-order valence-corrected chi connectivity index (χ4v) is 2.26. The van der Waals surface area contributed by atoms with Gasteiger partial charge in [0.25, 0.3) is 0 Å². The van der Waals surface area contributed by atoms with E-state index in [-0.39, 0.29) is 5.56 Å². The topological polar surface area (TPSA) is 61.8 Å². The summed E-state index contributed by atoms with van der Waals surface area (Å²) in [6.07, 6.45) is 0. The van der Waals surface area contributed by atoms with E-state index in [9.17, 15) is 4.79 Å². The second kappa shape index (κ2) is 6.29. The van der Waals surface area contributed by atoms with Gasteiger partial charge in [-0.3, -0.25) is 5.43 Å². The standard InChI is InChI=1S/C12H15BrN2O3/c13-11-7-9(12(16)17)1-2-10(11)8-14-15-3-5-18-6-4-15/h1-2,7,14H,3-6,8H2,(H,16,17). The van der Waals surface area contributed by atoms with E-state index in [4.69, 9.17) is 9.84 Å². The molecule has 0 unspecified atom stereocenters. The van der Waals surface area contributed by atoms with Crippen LogP contribution in [0.5, 0.6) is 0 Å². The van der Waals surface area contributed by atoms with Crippen molar-refractivity contribution in [3.63, 3.8) is 0 Å². The quantitative estimate of drug-likeness (QED) is 0.881. The normalized spacial score (nSPS) is 16.7. The summed E-state index contributed by atoms with van der Waals surface area (Å²) in [4.78, 5) is 10.8. The number of hydrogen-bond donors (Lipinski definition) is 2. The number of hydrazine groups is 1. The zero-order chi connectivity index (χ0) is 13.0. The van der Waals surface area contributed by atoms with Gasteiger partial charge in [0.05, 0.1) is 18.8 Å². The Labute approximate surface area is 114 Å². The van der Waals surface area contributed by atoms with Crippen LogP contribution in [-0.4, -0.2) is 42.4 Å². The fraction of sp³-hybridized carbons (Fsp3) is 0.417. The van der Waals surface area contributed by atoms with Crippen LogP contribution in [0.1, 0.15) is 15.9 Å². The van der Waals surface area contributed by atoms with E-state index in [1.165, 1.54) is 0 Å². The fourth-order valence-electron chi connectivity index (χ4n) is 1.74. The van der Waals surface area contributed by atoms with Gasteiger partial charge < -0.3 is 9.84 Å². The van der Waals surface area contributed by atoms with E-state index < -0.39 is 5.97 Å². The average Bonchev–Trinajstić information content (AvgIpc) is 2.38. The van der Waals surface area contributed by atoms with Gasteiger partial charge in [-0.25, -0.2) is 9.80 Å². The first-order valence-electron chi connectivity index (χ1n) is 5.75. The van der Waals surface area contributed by atoms with Gasteiger partial charge in [0.2, 0.25) is 0 Å². The number of carboxylic acids is 1. The molecule has 1 saturated heterocycles. The molecule has 1 fully saturated rings. The molecule has 0 spiro atoms. The first-order valence-corrected chi connectivity index (χ1v) is 6.54. The number of halogens is 1. The average molecular weight is 315 g/mol. The lowest BCUT2D eigenvalue weighted by molar-refractivity contribution is 0.0105. The van der Waals surface area contributed by atoms with Crippen molar-refractivity contribution in [1.82, 2.24) is 10.4 Å². The summed E-state index contributed by atoms with van der Waals surface area (Å²) in [6, 6.07) is 5.06. The molecule has 0 radical (unpaired) electrons. The Hall–Kier alpha value is -0.950. The Bertz CT molecular complexity index is 433. The van der Waals surface area contributed by atoms with Gasteiger partial charge in [0, 0.05) is 24.1 Å². The lowest BCUT2D eigenvalue weighted by atomic mass is 10.1. The Morgan fingerprint density at radius 3 is 2.78 bits per heavy atom. The minimum Gasteiger partial charge on any atom is -0.478 e. The first-order chi connectivity index (χ1) is 8.66. The third-order valence-electron chi connectivity index (χ3n) is 2.80. The molecular formula is C12H15BrN2O3. The molecule has 0 aromatic heterocycles. The summed E-state index contributed by atoms with van der Waals surface area (Å²) < 4.78 is 6.07.